The quantitative estimate of drug-likeness (QED) is 0.623. The van der Waals surface area contributed by atoms with Crippen molar-refractivity contribution in [1.82, 2.24) is 0 Å². The Hall–Kier alpha value is -1.44. The number of rotatable bonds is 0. The smallest absolute Gasteiger partial charge is 0.162 e. The Morgan fingerprint density at radius 2 is 1.47 bits per heavy atom. The second-order valence-electron chi connectivity index (χ2n) is 6.21. The maximum absolute atomic E-state index is 12.5. The summed E-state index contributed by atoms with van der Waals surface area (Å²) in [7, 11) is 0. The fraction of sp³-hybridized carbons (Fsp3) is 0.529. The average Bonchev–Trinajstić information content (AvgIpc) is 2.38. The van der Waals surface area contributed by atoms with E-state index < -0.39 is 0 Å². The van der Waals surface area contributed by atoms with Gasteiger partial charge >= 0.3 is 0 Å². The van der Waals surface area contributed by atoms with E-state index in [9.17, 15) is 9.59 Å². The highest BCUT2D eigenvalue weighted by Crippen LogP contribution is 2.47. The molecule has 0 fully saturated rings. The Morgan fingerprint density at radius 3 is 2.16 bits per heavy atom. The zero-order valence-corrected chi connectivity index (χ0v) is 11.8. The largest absolute Gasteiger partial charge is 0.294 e. The van der Waals surface area contributed by atoms with Crippen LogP contribution in [0.2, 0.25) is 0 Å². The van der Waals surface area contributed by atoms with E-state index in [2.05, 4.69) is 13.0 Å². The van der Waals surface area contributed by atoms with Crippen molar-refractivity contribution in [1.29, 1.82) is 0 Å². The van der Waals surface area contributed by atoms with Gasteiger partial charge in [0.15, 0.2) is 11.6 Å². The van der Waals surface area contributed by atoms with Crippen LogP contribution in [0.3, 0.4) is 0 Å². The summed E-state index contributed by atoms with van der Waals surface area (Å²) in [6.07, 6.45) is 8.12. The monoisotopic (exact) mass is 256 g/mol. The maximum atomic E-state index is 12.5. The van der Waals surface area contributed by atoms with Crippen LogP contribution in [0.1, 0.15) is 33.6 Å². The van der Waals surface area contributed by atoms with Gasteiger partial charge in [-0.1, -0.05) is 23.8 Å². The third kappa shape index (κ3) is 1.77. The number of Topliss-reactive ketones (excluding diaryl/α,β-unsaturated/α-hetero) is 2. The van der Waals surface area contributed by atoms with Gasteiger partial charge in [-0.25, -0.2) is 0 Å². The van der Waals surface area contributed by atoms with E-state index in [-0.39, 0.29) is 35.2 Å². The molecule has 3 aliphatic carbocycles. The summed E-state index contributed by atoms with van der Waals surface area (Å²) in [6.45, 7) is 5.89. The lowest BCUT2D eigenvalue weighted by atomic mass is 9.58. The highest BCUT2D eigenvalue weighted by Gasteiger charge is 2.48. The van der Waals surface area contributed by atoms with Crippen molar-refractivity contribution in [3.05, 3.63) is 34.9 Å². The van der Waals surface area contributed by atoms with Crippen LogP contribution < -0.4 is 0 Å². The van der Waals surface area contributed by atoms with Crippen molar-refractivity contribution >= 4 is 11.6 Å². The fourth-order valence-corrected chi connectivity index (χ4v) is 3.96. The van der Waals surface area contributed by atoms with Gasteiger partial charge < -0.3 is 0 Å². The zero-order chi connectivity index (χ0) is 13.7. The summed E-state index contributed by atoms with van der Waals surface area (Å²) in [5, 5.41) is 0. The Balaban J connectivity index is 2.09. The first-order chi connectivity index (χ1) is 9.00. The Labute approximate surface area is 114 Å². The molecule has 0 aromatic rings. The van der Waals surface area contributed by atoms with Crippen LogP contribution >= 0.6 is 0 Å². The zero-order valence-electron chi connectivity index (χ0n) is 11.8. The number of ketones is 2. The Morgan fingerprint density at radius 1 is 0.895 bits per heavy atom. The van der Waals surface area contributed by atoms with E-state index in [1.54, 1.807) is 0 Å². The molecule has 0 heterocycles. The van der Waals surface area contributed by atoms with Gasteiger partial charge in [-0.2, -0.15) is 0 Å². The van der Waals surface area contributed by atoms with Gasteiger partial charge in [-0.15, -0.1) is 0 Å². The molecule has 0 saturated heterocycles. The van der Waals surface area contributed by atoms with Crippen molar-refractivity contribution in [3.63, 3.8) is 0 Å². The first-order valence-electron chi connectivity index (χ1n) is 7.11. The average molecular weight is 256 g/mol. The van der Waals surface area contributed by atoms with Gasteiger partial charge in [-0.05, 0) is 56.6 Å². The van der Waals surface area contributed by atoms with Crippen LogP contribution in [0.5, 0.6) is 0 Å². The first-order valence-corrected chi connectivity index (χ1v) is 7.11. The Bertz CT molecular complexity index is 548. The summed E-state index contributed by atoms with van der Waals surface area (Å²) in [4.78, 5) is 25.0. The topological polar surface area (TPSA) is 34.1 Å². The van der Waals surface area contributed by atoms with Crippen molar-refractivity contribution in [2.75, 3.05) is 0 Å². The van der Waals surface area contributed by atoms with Gasteiger partial charge in [-0.3, -0.25) is 9.59 Å². The standard InChI is InChI=1S/C17H20O2/c1-9-4-6-12-8-11(3)13-7-5-10(2)17(19)15(13)14(12)16(9)18/h4-5,8,12-15H,6-7H2,1-3H3/t12-,13+,14+,15-/m0/s1. The van der Waals surface area contributed by atoms with E-state index in [1.165, 1.54) is 5.57 Å². The van der Waals surface area contributed by atoms with Gasteiger partial charge in [0.1, 0.15) is 0 Å². The van der Waals surface area contributed by atoms with Crippen molar-refractivity contribution in [2.45, 2.75) is 33.6 Å². The molecule has 2 heteroatoms. The second-order valence-corrected chi connectivity index (χ2v) is 6.21. The molecule has 2 nitrogen and oxygen atoms in total. The molecule has 3 rings (SSSR count). The molecule has 0 N–H and O–H groups in total. The van der Waals surface area contributed by atoms with Crippen LogP contribution in [0.4, 0.5) is 0 Å². The highest BCUT2D eigenvalue weighted by molar-refractivity contribution is 6.05. The summed E-state index contributed by atoms with van der Waals surface area (Å²) in [6, 6.07) is 0. The first kappa shape index (κ1) is 12.6. The molecule has 3 aliphatic rings. The van der Waals surface area contributed by atoms with Gasteiger partial charge in [0, 0.05) is 11.8 Å². The van der Waals surface area contributed by atoms with Crippen molar-refractivity contribution in [3.8, 4) is 0 Å². The number of fused-ring (bicyclic) bond motifs is 3. The number of hydrogen-bond acceptors (Lipinski definition) is 2. The predicted molar refractivity (Wildman–Crippen MR) is 74.5 cm³/mol. The van der Waals surface area contributed by atoms with E-state index >= 15 is 0 Å². The van der Waals surface area contributed by atoms with Crippen LogP contribution in [0.15, 0.2) is 34.9 Å². The normalized spacial score (nSPS) is 37.9. The van der Waals surface area contributed by atoms with Gasteiger partial charge in [0.05, 0.1) is 0 Å². The number of allylic oxidation sites excluding steroid dienone is 6. The maximum Gasteiger partial charge on any atom is 0.162 e. The van der Waals surface area contributed by atoms with Crippen molar-refractivity contribution in [2.24, 2.45) is 23.7 Å². The molecule has 0 aromatic heterocycles. The molecular formula is C17H20O2. The van der Waals surface area contributed by atoms with E-state index in [0.29, 0.717) is 0 Å². The SMILES string of the molecule is CC1=CC[C@@H]2C(C)=C[C@@H]3CC=C(C)C(=O)[C@H]3[C@H]2C1=O. The van der Waals surface area contributed by atoms with Crippen LogP contribution in [0, 0.1) is 23.7 Å². The third-order valence-corrected chi connectivity index (χ3v) is 5.10. The molecule has 0 saturated carbocycles. The van der Waals surface area contributed by atoms with Crippen LogP contribution in [0.25, 0.3) is 0 Å². The summed E-state index contributed by atoms with van der Waals surface area (Å²) >= 11 is 0. The predicted octanol–water partition coefficient (Wildman–Crippen LogP) is 3.25. The molecule has 0 aromatic carbocycles. The molecule has 100 valence electrons. The Kier molecular flexibility index (Phi) is 2.84. The second kappa shape index (κ2) is 4.29. The molecule has 19 heavy (non-hydrogen) atoms. The lowest BCUT2D eigenvalue weighted by molar-refractivity contribution is -0.132. The third-order valence-electron chi connectivity index (χ3n) is 5.10. The minimum absolute atomic E-state index is 0.115. The summed E-state index contributed by atoms with van der Waals surface area (Å²) in [5.41, 5.74) is 2.98. The number of hydrogen-bond donors (Lipinski definition) is 0. The highest BCUT2D eigenvalue weighted by atomic mass is 16.1. The molecule has 0 radical (unpaired) electrons. The van der Waals surface area contributed by atoms with Gasteiger partial charge in [0.25, 0.3) is 0 Å². The molecule has 0 bridgehead atoms. The lowest BCUT2D eigenvalue weighted by Gasteiger charge is -2.43. The van der Waals surface area contributed by atoms with Crippen LogP contribution in [-0.2, 0) is 9.59 Å². The number of carbonyl (C=O) groups excluding carboxylic acids is 2. The minimum atomic E-state index is -0.116. The van der Waals surface area contributed by atoms with E-state index in [4.69, 9.17) is 0 Å². The summed E-state index contributed by atoms with van der Waals surface area (Å²) in [5.74, 6) is 0.630. The summed E-state index contributed by atoms with van der Waals surface area (Å²) < 4.78 is 0. The van der Waals surface area contributed by atoms with Crippen LogP contribution in [-0.4, -0.2) is 11.6 Å². The molecule has 0 spiro atoms. The lowest BCUT2D eigenvalue weighted by Crippen LogP contribution is -2.45. The van der Waals surface area contributed by atoms with E-state index in [1.807, 2.05) is 26.0 Å². The minimum Gasteiger partial charge on any atom is -0.294 e. The fourth-order valence-electron chi connectivity index (χ4n) is 3.96. The molecular weight excluding hydrogens is 236 g/mol. The molecule has 4 atom stereocenters. The van der Waals surface area contributed by atoms with Crippen molar-refractivity contribution < 1.29 is 9.59 Å². The molecule has 0 amide bonds. The van der Waals surface area contributed by atoms with E-state index in [0.717, 1.165) is 24.0 Å². The molecule has 0 aliphatic heterocycles. The number of carbonyl (C=O) groups is 2. The molecule has 0 unspecified atom stereocenters. The van der Waals surface area contributed by atoms with Gasteiger partial charge in [0.2, 0.25) is 0 Å².